The first kappa shape index (κ1) is 17.6. The second-order valence-electron chi connectivity index (χ2n) is 5.31. The molecule has 0 heterocycles. The van der Waals surface area contributed by atoms with Gasteiger partial charge in [0, 0.05) is 28.6 Å². The van der Waals surface area contributed by atoms with Crippen LogP contribution in [-0.2, 0) is 0 Å². The molecule has 0 bridgehead atoms. The lowest BCUT2D eigenvalue weighted by Crippen LogP contribution is -2.09. The van der Waals surface area contributed by atoms with E-state index in [-0.39, 0.29) is 0 Å². The lowest BCUT2D eigenvalue weighted by molar-refractivity contribution is 1.31. The smallest absolute Gasteiger partial charge is 0.134 e. The minimum atomic E-state index is 0.445. The zero-order chi connectivity index (χ0) is 16.8. The molecule has 5 heteroatoms. The summed E-state index contributed by atoms with van der Waals surface area (Å²) in [5, 5.41) is 3.34. The summed E-state index contributed by atoms with van der Waals surface area (Å²) in [7, 11) is 0. The van der Waals surface area contributed by atoms with Crippen LogP contribution < -0.4 is 11.1 Å². The van der Waals surface area contributed by atoms with Gasteiger partial charge in [0.2, 0.25) is 0 Å². The van der Waals surface area contributed by atoms with E-state index in [0.29, 0.717) is 5.84 Å². The number of aryl methyl sites for hydroxylation is 3. The zero-order valence-corrected chi connectivity index (χ0v) is 15.8. The fourth-order valence-corrected chi connectivity index (χ4v) is 3.25. The van der Waals surface area contributed by atoms with Crippen molar-refractivity contribution < 1.29 is 0 Å². The van der Waals surface area contributed by atoms with Crippen molar-refractivity contribution in [1.29, 1.82) is 0 Å². The number of benzene rings is 2. The molecule has 0 aliphatic heterocycles. The molecule has 0 atom stereocenters. The van der Waals surface area contributed by atoms with Gasteiger partial charge in [-0.1, -0.05) is 35.9 Å². The number of amidine groups is 1. The second kappa shape index (κ2) is 8.22. The standard InChI is InChI=1S/C18H20BrN3S/c1-12-9-13(2)18(14(3)10-12)21-16(19)11-17(20)22-23-15-7-5-4-6-8-15/h4-11,21H,1-3H3,(H2,20,22)/b16-11-. The highest BCUT2D eigenvalue weighted by Crippen LogP contribution is 2.25. The third-order valence-corrected chi connectivity index (χ3v) is 4.41. The molecule has 0 unspecified atom stereocenters. The van der Waals surface area contributed by atoms with Gasteiger partial charge in [0.15, 0.2) is 0 Å². The minimum Gasteiger partial charge on any atom is -0.383 e. The highest BCUT2D eigenvalue weighted by molar-refractivity contribution is 9.11. The van der Waals surface area contributed by atoms with Crippen molar-refractivity contribution in [2.24, 2.45) is 10.1 Å². The molecule has 0 saturated carbocycles. The molecule has 23 heavy (non-hydrogen) atoms. The number of nitrogens with two attached hydrogens (primary N) is 1. The zero-order valence-electron chi connectivity index (χ0n) is 13.4. The largest absolute Gasteiger partial charge is 0.383 e. The van der Waals surface area contributed by atoms with Gasteiger partial charge in [-0.3, -0.25) is 0 Å². The van der Waals surface area contributed by atoms with Gasteiger partial charge in [-0.15, -0.1) is 0 Å². The summed E-state index contributed by atoms with van der Waals surface area (Å²) < 4.78 is 5.08. The quantitative estimate of drug-likeness (QED) is 0.314. The average molecular weight is 390 g/mol. The lowest BCUT2D eigenvalue weighted by Gasteiger charge is -2.13. The molecule has 0 amide bonds. The summed E-state index contributed by atoms with van der Waals surface area (Å²) in [6.07, 6.45) is 1.77. The fraction of sp³-hybridized carbons (Fsp3) is 0.167. The van der Waals surface area contributed by atoms with Gasteiger partial charge < -0.3 is 11.1 Å². The number of nitrogens with one attached hydrogen (secondary N) is 1. The van der Waals surface area contributed by atoms with E-state index in [4.69, 9.17) is 5.73 Å². The summed E-state index contributed by atoms with van der Waals surface area (Å²) in [6.45, 7) is 6.27. The highest BCUT2D eigenvalue weighted by Gasteiger charge is 2.05. The van der Waals surface area contributed by atoms with Gasteiger partial charge in [-0.2, -0.15) is 4.40 Å². The van der Waals surface area contributed by atoms with Crippen molar-refractivity contribution in [3.05, 3.63) is 69.8 Å². The molecule has 0 fully saturated rings. The van der Waals surface area contributed by atoms with E-state index in [1.54, 1.807) is 6.08 Å². The summed E-state index contributed by atoms with van der Waals surface area (Å²) in [5.74, 6) is 0.445. The lowest BCUT2D eigenvalue weighted by atomic mass is 10.1. The van der Waals surface area contributed by atoms with Gasteiger partial charge in [-0.05, 0) is 60.0 Å². The van der Waals surface area contributed by atoms with Crippen LogP contribution in [0.3, 0.4) is 0 Å². The third kappa shape index (κ3) is 5.44. The molecule has 0 aliphatic rings. The maximum absolute atomic E-state index is 5.96. The summed E-state index contributed by atoms with van der Waals surface area (Å²) in [6, 6.07) is 14.2. The first-order valence-corrected chi connectivity index (χ1v) is 8.80. The van der Waals surface area contributed by atoms with E-state index in [0.717, 1.165) is 15.2 Å². The Labute approximate surface area is 150 Å². The Morgan fingerprint density at radius 2 is 1.74 bits per heavy atom. The van der Waals surface area contributed by atoms with Gasteiger partial charge in [0.05, 0.1) is 4.61 Å². The molecule has 0 spiro atoms. The number of nitrogens with zero attached hydrogens (tertiary/aromatic N) is 1. The Balaban J connectivity index is 2.08. The Morgan fingerprint density at radius 1 is 1.13 bits per heavy atom. The number of halogens is 1. The van der Waals surface area contributed by atoms with Crippen LogP contribution in [0.4, 0.5) is 5.69 Å². The van der Waals surface area contributed by atoms with Crippen LogP contribution in [0.5, 0.6) is 0 Å². The molecule has 3 N–H and O–H groups in total. The maximum Gasteiger partial charge on any atom is 0.134 e. The van der Waals surface area contributed by atoms with E-state index >= 15 is 0 Å². The molecule has 2 rings (SSSR count). The predicted octanol–water partition coefficient (Wildman–Crippen LogP) is 5.32. The average Bonchev–Trinajstić information content (AvgIpc) is 2.50. The summed E-state index contributed by atoms with van der Waals surface area (Å²) in [5.41, 5.74) is 10.7. The molecule has 0 aliphatic carbocycles. The van der Waals surface area contributed by atoms with Crippen LogP contribution >= 0.6 is 27.9 Å². The molecule has 2 aromatic rings. The highest BCUT2D eigenvalue weighted by atomic mass is 79.9. The van der Waals surface area contributed by atoms with Crippen molar-refractivity contribution in [2.75, 3.05) is 5.32 Å². The SMILES string of the molecule is Cc1cc(C)c(N/C(Br)=C\C(N)=N\Sc2ccccc2)c(C)c1. The van der Waals surface area contributed by atoms with Crippen molar-refractivity contribution in [1.82, 2.24) is 0 Å². The number of anilines is 1. The molecule has 0 aromatic heterocycles. The van der Waals surface area contributed by atoms with Gasteiger partial charge in [0.25, 0.3) is 0 Å². The molecular formula is C18H20BrN3S. The molecule has 0 saturated heterocycles. The van der Waals surface area contributed by atoms with E-state index in [1.165, 1.54) is 28.6 Å². The fourth-order valence-electron chi connectivity index (χ4n) is 2.28. The van der Waals surface area contributed by atoms with E-state index in [9.17, 15) is 0 Å². The molecule has 3 nitrogen and oxygen atoms in total. The monoisotopic (exact) mass is 389 g/mol. The third-order valence-electron chi connectivity index (χ3n) is 3.20. The van der Waals surface area contributed by atoms with E-state index in [1.807, 2.05) is 30.3 Å². The molecule has 0 radical (unpaired) electrons. The van der Waals surface area contributed by atoms with Crippen LogP contribution in [0.2, 0.25) is 0 Å². The Hall–Kier alpha value is -1.72. The summed E-state index contributed by atoms with van der Waals surface area (Å²) in [4.78, 5) is 1.05. The Bertz CT molecular complexity index is 716. The Morgan fingerprint density at radius 3 is 2.35 bits per heavy atom. The molecular weight excluding hydrogens is 370 g/mol. The first-order valence-electron chi connectivity index (χ1n) is 7.23. The Kier molecular flexibility index (Phi) is 6.30. The van der Waals surface area contributed by atoms with E-state index < -0.39 is 0 Å². The van der Waals surface area contributed by atoms with Crippen LogP contribution in [0.15, 0.2) is 62.4 Å². The van der Waals surface area contributed by atoms with Crippen molar-refractivity contribution in [3.8, 4) is 0 Å². The van der Waals surface area contributed by atoms with Gasteiger partial charge >= 0.3 is 0 Å². The second-order valence-corrected chi connectivity index (χ2v) is 7.00. The number of rotatable bonds is 5. The number of hydrogen-bond acceptors (Lipinski definition) is 3. The summed E-state index contributed by atoms with van der Waals surface area (Å²) >= 11 is 4.86. The van der Waals surface area contributed by atoms with Crippen LogP contribution in [0.1, 0.15) is 16.7 Å². The van der Waals surface area contributed by atoms with Crippen LogP contribution in [-0.4, -0.2) is 5.84 Å². The minimum absolute atomic E-state index is 0.445. The number of hydrogen-bond donors (Lipinski definition) is 2. The maximum atomic E-state index is 5.96. The van der Waals surface area contributed by atoms with Crippen LogP contribution in [0, 0.1) is 20.8 Å². The van der Waals surface area contributed by atoms with Crippen molar-refractivity contribution >= 4 is 39.4 Å². The predicted molar refractivity (Wildman–Crippen MR) is 105 cm³/mol. The van der Waals surface area contributed by atoms with Gasteiger partial charge in [-0.25, -0.2) is 0 Å². The topological polar surface area (TPSA) is 50.4 Å². The molecule has 120 valence electrons. The van der Waals surface area contributed by atoms with Crippen molar-refractivity contribution in [3.63, 3.8) is 0 Å². The first-order chi connectivity index (χ1) is 11.0. The molecule has 2 aromatic carbocycles. The van der Waals surface area contributed by atoms with Crippen molar-refractivity contribution in [2.45, 2.75) is 25.7 Å². The van der Waals surface area contributed by atoms with Crippen LogP contribution in [0.25, 0.3) is 0 Å². The van der Waals surface area contributed by atoms with E-state index in [2.05, 4.69) is 58.5 Å². The normalized spacial score (nSPS) is 12.3. The van der Waals surface area contributed by atoms with Gasteiger partial charge in [0.1, 0.15) is 5.84 Å².